The van der Waals surface area contributed by atoms with Crippen LogP contribution in [-0.2, 0) is 9.59 Å². The summed E-state index contributed by atoms with van der Waals surface area (Å²) in [6, 6.07) is 8.41. The number of hydrogen-bond acceptors (Lipinski definition) is 4. The summed E-state index contributed by atoms with van der Waals surface area (Å²) in [6.07, 6.45) is 1.23. The molecule has 6 nitrogen and oxygen atoms in total. The first kappa shape index (κ1) is 18.2. The number of aryl methyl sites for hydroxylation is 1. The topological polar surface area (TPSA) is 86.7 Å². The van der Waals surface area contributed by atoms with Gasteiger partial charge in [0.05, 0.1) is 5.69 Å². The second-order valence-electron chi connectivity index (χ2n) is 5.59. The van der Waals surface area contributed by atoms with Crippen molar-refractivity contribution in [3.63, 3.8) is 0 Å². The molecule has 3 rings (SSSR count). The minimum Gasteiger partial charge on any atom is -0.507 e. The van der Waals surface area contributed by atoms with Gasteiger partial charge in [0.15, 0.2) is 0 Å². The monoisotopic (exact) mass is 434 g/mol. The number of nitrogens with zero attached hydrogens (tertiary/aromatic N) is 1. The molecule has 1 heterocycles. The minimum absolute atomic E-state index is 0.108. The van der Waals surface area contributed by atoms with Crippen molar-refractivity contribution in [1.29, 1.82) is 0 Å². The van der Waals surface area contributed by atoms with Gasteiger partial charge in [-0.05, 0) is 48.9 Å². The summed E-state index contributed by atoms with van der Waals surface area (Å²) in [5.74, 6) is -1.75. The Morgan fingerprint density at radius 3 is 2.58 bits per heavy atom. The van der Waals surface area contributed by atoms with Crippen LogP contribution < -0.4 is 10.2 Å². The van der Waals surface area contributed by atoms with Gasteiger partial charge in [-0.1, -0.05) is 33.6 Å². The van der Waals surface area contributed by atoms with Crippen molar-refractivity contribution < 1.29 is 19.5 Å². The van der Waals surface area contributed by atoms with Gasteiger partial charge < -0.3 is 5.11 Å². The number of halogens is 2. The average molecular weight is 436 g/mol. The molecule has 0 bridgehead atoms. The molecule has 0 radical (unpaired) electrons. The molecule has 1 aliphatic heterocycles. The van der Waals surface area contributed by atoms with Crippen LogP contribution >= 0.6 is 27.5 Å². The molecule has 2 N–H and O–H groups in total. The summed E-state index contributed by atoms with van der Waals surface area (Å²) < 4.78 is 0.657. The number of phenolic OH excluding ortho intramolecular Hbond substituents is 1. The number of carbonyl (C=O) groups excluding carboxylic acids is 3. The lowest BCUT2D eigenvalue weighted by molar-refractivity contribution is -0.122. The molecular weight excluding hydrogens is 424 g/mol. The molecule has 2 aromatic rings. The highest BCUT2D eigenvalue weighted by Crippen LogP contribution is 2.28. The predicted molar refractivity (Wildman–Crippen MR) is 101 cm³/mol. The molecule has 8 heteroatoms. The van der Waals surface area contributed by atoms with E-state index in [1.165, 1.54) is 18.2 Å². The summed E-state index contributed by atoms with van der Waals surface area (Å²) in [4.78, 5) is 37.9. The maximum absolute atomic E-state index is 12.8. The average Bonchev–Trinajstić information content (AvgIpc) is 2.57. The maximum Gasteiger partial charge on any atom is 0.335 e. The normalized spacial score (nSPS) is 16.2. The smallest absolute Gasteiger partial charge is 0.335 e. The fourth-order valence-corrected chi connectivity index (χ4v) is 2.96. The molecule has 0 unspecified atom stereocenters. The first-order valence-corrected chi connectivity index (χ1v) is 8.61. The highest BCUT2D eigenvalue weighted by atomic mass is 79.9. The van der Waals surface area contributed by atoms with Gasteiger partial charge >= 0.3 is 6.03 Å². The van der Waals surface area contributed by atoms with E-state index in [0.29, 0.717) is 9.50 Å². The Morgan fingerprint density at radius 1 is 1.15 bits per heavy atom. The third-order valence-electron chi connectivity index (χ3n) is 3.80. The second-order valence-corrected chi connectivity index (χ2v) is 6.92. The second kappa shape index (κ2) is 6.93. The first-order valence-electron chi connectivity index (χ1n) is 7.44. The molecule has 1 fully saturated rings. The Balaban J connectivity index is 2.07. The van der Waals surface area contributed by atoms with Crippen LogP contribution in [0.4, 0.5) is 10.5 Å². The molecule has 0 saturated carbocycles. The molecule has 0 atom stereocenters. The van der Waals surface area contributed by atoms with Crippen molar-refractivity contribution in [2.45, 2.75) is 6.92 Å². The highest BCUT2D eigenvalue weighted by molar-refractivity contribution is 9.10. The number of barbiturate groups is 1. The van der Waals surface area contributed by atoms with Gasteiger partial charge in [-0.3, -0.25) is 14.9 Å². The standard InChI is InChI=1S/C18H12BrClN2O4/c1-9-2-4-12(8-14(9)20)22-17(25)13(16(24)21-18(22)26)7-10-6-11(19)3-5-15(10)23/h2-8,23H,1H3,(H,21,24,26)/b13-7-. The number of benzene rings is 2. The summed E-state index contributed by atoms with van der Waals surface area (Å²) >= 11 is 9.33. The van der Waals surface area contributed by atoms with Crippen molar-refractivity contribution in [3.05, 3.63) is 62.6 Å². The third-order valence-corrected chi connectivity index (χ3v) is 4.71. The zero-order valence-electron chi connectivity index (χ0n) is 13.4. The fourth-order valence-electron chi connectivity index (χ4n) is 2.41. The number of phenols is 1. The lowest BCUT2D eigenvalue weighted by Crippen LogP contribution is -2.54. The van der Waals surface area contributed by atoms with E-state index in [2.05, 4.69) is 21.2 Å². The van der Waals surface area contributed by atoms with Crippen molar-refractivity contribution in [2.75, 3.05) is 4.90 Å². The molecule has 0 aromatic heterocycles. The zero-order valence-corrected chi connectivity index (χ0v) is 15.8. The van der Waals surface area contributed by atoms with E-state index >= 15 is 0 Å². The number of nitrogens with one attached hydrogen (secondary N) is 1. The largest absolute Gasteiger partial charge is 0.507 e. The van der Waals surface area contributed by atoms with Gasteiger partial charge in [-0.15, -0.1) is 0 Å². The lowest BCUT2D eigenvalue weighted by Gasteiger charge is -2.26. The predicted octanol–water partition coefficient (Wildman–Crippen LogP) is 3.78. The summed E-state index contributed by atoms with van der Waals surface area (Å²) in [6.45, 7) is 1.79. The number of rotatable bonds is 2. The Morgan fingerprint density at radius 2 is 1.88 bits per heavy atom. The van der Waals surface area contributed by atoms with E-state index in [-0.39, 0.29) is 22.6 Å². The van der Waals surface area contributed by atoms with Gasteiger partial charge in [-0.2, -0.15) is 0 Å². The van der Waals surface area contributed by atoms with Crippen molar-refractivity contribution >= 4 is 57.1 Å². The van der Waals surface area contributed by atoms with Crippen LogP contribution in [-0.4, -0.2) is 23.0 Å². The Kier molecular flexibility index (Phi) is 4.84. The molecule has 132 valence electrons. The first-order chi connectivity index (χ1) is 12.3. The molecule has 26 heavy (non-hydrogen) atoms. The minimum atomic E-state index is -0.865. The summed E-state index contributed by atoms with van der Waals surface area (Å²) in [5, 5.41) is 12.4. The van der Waals surface area contributed by atoms with Crippen LogP contribution in [0.1, 0.15) is 11.1 Å². The Labute approximate surface area is 162 Å². The van der Waals surface area contributed by atoms with Gasteiger partial charge in [-0.25, -0.2) is 9.69 Å². The number of imide groups is 2. The van der Waals surface area contributed by atoms with Crippen LogP contribution in [0.25, 0.3) is 6.08 Å². The van der Waals surface area contributed by atoms with Crippen LogP contribution in [0.3, 0.4) is 0 Å². The molecule has 2 aromatic carbocycles. The van der Waals surface area contributed by atoms with E-state index in [0.717, 1.165) is 10.5 Å². The van der Waals surface area contributed by atoms with Crippen LogP contribution in [0.2, 0.25) is 5.02 Å². The SMILES string of the molecule is Cc1ccc(N2C(=O)NC(=O)/C(=C/c3cc(Br)ccc3O)C2=O)cc1Cl. The number of hydrogen-bond donors (Lipinski definition) is 2. The van der Waals surface area contributed by atoms with Gasteiger partial charge in [0.25, 0.3) is 11.8 Å². The molecule has 1 saturated heterocycles. The number of carbonyl (C=O) groups is 3. The number of anilines is 1. The van der Waals surface area contributed by atoms with Crippen molar-refractivity contribution in [2.24, 2.45) is 0 Å². The number of amides is 4. The lowest BCUT2D eigenvalue weighted by atomic mass is 10.1. The van der Waals surface area contributed by atoms with E-state index in [1.54, 1.807) is 31.2 Å². The van der Waals surface area contributed by atoms with Crippen molar-refractivity contribution in [1.82, 2.24) is 5.32 Å². The zero-order chi connectivity index (χ0) is 19.0. The van der Waals surface area contributed by atoms with E-state index < -0.39 is 17.8 Å². The fraction of sp³-hybridized carbons (Fsp3) is 0.0556. The third kappa shape index (κ3) is 3.36. The van der Waals surface area contributed by atoms with E-state index in [9.17, 15) is 19.5 Å². The van der Waals surface area contributed by atoms with Gasteiger partial charge in [0.2, 0.25) is 0 Å². The molecular formula is C18H12BrClN2O4. The van der Waals surface area contributed by atoms with Crippen LogP contribution in [0.15, 0.2) is 46.4 Å². The van der Waals surface area contributed by atoms with Crippen LogP contribution in [0, 0.1) is 6.92 Å². The Hall–Kier alpha value is -2.64. The van der Waals surface area contributed by atoms with Gasteiger partial charge in [0, 0.05) is 15.1 Å². The van der Waals surface area contributed by atoms with Crippen LogP contribution in [0.5, 0.6) is 5.75 Å². The van der Waals surface area contributed by atoms with E-state index in [4.69, 9.17) is 11.6 Å². The van der Waals surface area contributed by atoms with E-state index in [1.807, 2.05) is 0 Å². The summed E-state index contributed by atoms with van der Waals surface area (Å²) in [5.41, 5.74) is 0.995. The summed E-state index contributed by atoms with van der Waals surface area (Å²) in [7, 11) is 0. The molecule has 4 amide bonds. The number of aromatic hydroxyl groups is 1. The highest BCUT2D eigenvalue weighted by Gasteiger charge is 2.37. The quantitative estimate of drug-likeness (QED) is 0.555. The van der Waals surface area contributed by atoms with Gasteiger partial charge in [0.1, 0.15) is 11.3 Å². The molecule has 1 aliphatic rings. The Bertz CT molecular complexity index is 987. The number of urea groups is 1. The maximum atomic E-state index is 12.8. The molecule has 0 aliphatic carbocycles. The molecule has 0 spiro atoms. The van der Waals surface area contributed by atoms with Crippen molar-refractivity contribution in [3.8, 4) is 5.75 Å².